The maximum atomic E-state index is 14.3. The van der Waals surface area contributed by atoms with Crippen LogP contribution in [0.25, 0.3) is 0 Å². The van der Waals surface area contributed by atoms with Gasteiger partial charge in [-0.3, -0.25) is 24.6 Å². The van der Waals surface area contributed by atoms with E-state index in [2.05, 4.69) is 53.8 Å². The van der Waals surface area contributed by atoms with E-state index in [-0.39, 0.29) is 60.2 Å². The van der Waals surface area contributed by atoms with E-state index in [0.29, 0.717) is 11.5 Å². The molecule has 53 heavy (non-hydrogen) atoms. The molecular formula is C40H64N6O5S2. The van der Waals surface area contributed by atoms with Crippen LogP contribution >= 0.6 is 23.6 Å². The molecule has 2 aromatic rings. The molecule has 3 N–H and O–H groups in total. The zero-order valence-corrected chi connectivity index (χ0v) is 35.3. The van der Waals surface area contributed by atoms with Gasteiger partial charge >= 0.3 is 0 Å². The van der Waals surface area contributed by atoms with E-state index in [4.69, 9.17) is 21.7 Å². The van der Waals surface area contributed by atoms with Gasteiger partial charge < -0.3 is 25.0 Å². The molecule has 8 atom stereocenters. The summed E-state index contributed by atoms with van der Waals surface area (Å²) in [4.78, 5) is 50.2. The highest BCUT2D eigenvalue weighted by molar-refractivity contribution is 7.80. The monoisotopic (exact) mass is 772 g/mol. The summed E-state index contributed by atoms with van der Waals surface area (Å²) in [6.45, 7) is 14.3. The van der Waals surface area contributed by atoms with Crippen molar-refractivity contribution in [1.29, 1.82) is 0 Å². The van der Waals surface area contributed by atoms with Crippen molar-refractivity contribution in [3.63, 3.8) is 0 Å². The van der Waals surface area contributed by atoms with Crippen molar-refractivity contribution in [2.45, 2.75) is 122 Å². The van der Waals surface area contributed by atoms with Crippen molar-refractivity contribution in [3.8, 4) is 0 Å². The van der Waals surface area contributed by atoms with E-state index in [1.807, 2.05) is 60.5 Å². The molecule has 1 aromatic heterocycles. The fourth-order valence-electron chi connectivity index (χ4n) is 7.55. The number of hydrogen-bond acceptors (Lipinski definition) is 10. The minimum atomic E-state index is -0.915. The molecule has 0 spiro atoms. The third-order valence-corrected chi connectivity index (χ3v) is 12.4. The largest absolute Gasteiger partial charge is 0.379 e. The predicted octanol–water partition coefficient (Wildman–Crippen LogP) is 5.40. The number of imide groups is 1. The summed E-state index contributed by atoms with van der Waals surface area (Å²) in [5, 5.41) is 12.1. The lowest BCUT2D eigenvalue weighted by Gasteiger charge is -2.43. The van der Waals surface area contributed by atoms with Gasteiger partial charge in [0.1, 0.15) is 5.01 Å². The Hall–Kier alpha value is -2.81. The lowest BCUT2D eigenvalue weighted by atomic mass is 9.87. The minimum absolute atomic E-state index is 0.0181. The standard InChI is InChI=1S/C40H64N6O5S2/c1-12-26(4)34(45(9)33(25(2)3)36(48)44-39(49)40(6,7)41-8)31(50-10)24-32(47)46-21-16-19-30(46)35(51-11)27(5)37(52)43-29(38-42-20-22-53-38)23-28-17-14-13-15-18-28/h13-15,17-18,20,22,25-27,29-31,33-35,41H,12,16,19,21,23-24H2,1-11H3,(H,43,52)(H,44,48,49)/t26-,27+,29-,30-,31+,33-,34-,35+/m0/s1. The topological polar surface area (TPSA) is 125 Å². The van der Waals surface area contributed by atoms with Gasteiger partial charge in [0.15, 0.2) is 0 Å². The van der Waals surface area contributed by atoms with Crippen LogP contribution in [0, 0.1) is 17.8 Å². The molecule has 1 fully saturated rings. The van der Waals surface area contributed by atoms with Gasteiger partial charge in [0.05, 0.1) is 47.3 Å². The number of nitrogens with one attached hydrogen (secondary N) is 3. The number of likely N-dealkylation sites (tertiary alicyclic amines) is 1. The average Bonchev–Trinajstić information content (AvgIpc) is 3.85. The molecule has 0 unspecified atom stereocenters. The zero-order valence-electron chi connectivity index (χ0n) is 33.7. The Kier molecular flexibility index (Phi) is 17.5. The van der Waals surface area contributed by atoms with Crippen LogP contribution in [0.15, 0.2) is 41.9 Å². The SMILES string of the molecule is CC[C@H](C)[C@@H]([C@@H](CC(=O)N1CCC[C@H]1[C@H](OC)[C@@H](C)C(=S)N[C@@H](Cc1ccccc1)c1nccs1)OC)N(C)[C@H](C(=O)NC(=O)C(C)(C)NC)C(C)C. The van der Waals surface area contributed by atoms with Crippen molar-refractivity contribution < 1.29 is 23.9 Å². The Balaban J connectivity index is 1.79. The van der Waals surface area contributed by atoms with E-state index in [1.54, 1.807) is 46.5 Å². The summed E-state index contributed by atoms with van der Waals surface area (Å²) in [5.74, 6) is -0.985. The van der Waals surface area contributed by atoms with E-state index in [1.165, 1.54) is 5.56 Å². The second-order valence-electron chi connectivity index (χ2n) is 15.3. The lowest BCUT2D eigenvalue weighted by molar-refractivity contribution is -0.141. The van der Waals surface area contributed by atoms with Crippen molar-refractivity contribution >= 4 is 46.3 Å². The van der Waals surface area contributed by atoms with Gasteiger partial charge in [0.2, 0.25) is 17.7 Å². The number of rotatable bonds is 20. The van der Waals surface area contributed by atoms with Gasteiger partial charge in [-0.25, -0.2) is 4.98 Å². The number of likely N-dealkylation sites (N-methyl/N-ethyl adjacent to an activating group) is 2. The molecule has 13 heteroatoms. The number of amides is 3. The van der Waals surface area contributed by atoms with Crippen LogP contribution in [0.1, 0.15) is 90.8 Å². The van der Waals surface area contributed by atoms with Gasteiger partial charge in [-0.2, -0.15) is 0 Å². The zero-order chi connectivity index (χ0) is 39.5. The van der Waals surface area contributed by atoms with Crippen LogP contribution in [0.2, 0.25) is 0 Å². The van der Waals surface area contributed by atoms with Crippen LogP contribution in [0.4, 0.5) is 0 Å². The molecule has 0 aliphatic carbocycles. The Morgan fingerprint density at radius 2 is 1.79 bits per heavy atom. The Morgan fingerprint density at radius 3 is 2.34 bits per heavy atom. The van der Waals surface area contributed by atoms with E-state index >= 15 is 0 Å². The van der Waals surface area contributed by atoms with Crippen LogP contribution in [0.5, 0.6) is 0 Å². The van der Waals surface area contributed by atoms with Gasteiger partial charge in [0.25, 0.3) is 0 Å². The number of carbonyl (C=O) groups excluding carboxylic acids is 3. The second kappa shape index (κ2) is 20.8. The molecule has 2 heterocycles. The summed E-state index contributed by atoms with van der Waals surface area (Å²) in [5.41, 5.74) is 0.273. The van der Waals surface area contributed by atoms with Gasteiger partial charge in [-0.05, 0) is 64.6 Å². The van der Waals surface area contributed by atoms with E-state index < -0.39 is 23.6 Å². The molecule has 3 amide bonds. The molecule has 3 rings (SSSR count). The highest BCUT2D eigenvalue weighted by Gasteiger charge is 2.43. The van der Waals surface area contributed by atoms with Crippen molar-refractivity contribution in [1.82, 2.24) is 30.7 Å². The van der Waals surface area contributed by atoms with Gasteiger partial charge in [0, 0.05) is 44.3 Å². The molecule has 1 aliphatic rings. The fraction of sp³-hybridized carbons (Fsp3) is 0.675. The number of carbonyl (C=O) groups is 3. The number of aromatic nitrogens is 1. The molecule has 1 aromatic carbocycles. The van der Waals surface area contributed by atoms with Crippen molar-refractivity contribution in [2.24, 2.45) is 17.8 Å². The molecule has 1 aliphatic heterocycles. The predicted molar refractivity (Wildman–Crippen MR) is 217 cm³/mol. The molecule has 0 saturated carbocycles. The lowest BCUT2D eigenvalue weighted by Crippen LogP contribution is -2.61. The van der Waals surface area contributed by atoms with Crippen molar-refractivity contribution in [3.05, 3.63) is 52.5 Å². The van der Waals surface area contributed by atoms with Gasteiger partial charge in [-0.15, -0.1) is 11.3 Å². The number of benzene rings is 1. The molecule has 296 valence electrons. The van der Waals surface area contributed by atoms with Crippen LogP contribution in [-0.4, -0.2) is 108 Å². The Labute approximate surface area is 327 Å². The highest BCUT2D eigenvalue weighted by atomic mass is 32.1. The number of nitrogens with zero attached hydrogens (tertiary/aromatic N) is 3. The average molecular weight is 773 g/mol. The summed E-state index contributed by atoms with van der Waals surface area (Å²) in [7, 11) is 6.91. The maximum absolute atomic E-state index is 14.3. The molecule has 0 radical (unpaired) electrons. The first-order valence-corrected chi connectivity index (χ1v) is 20.2. The number of thiazole rings is 1. The number of methoxy groups -OCH3 is 2. The number of thiocarbonyl (C=S) groups is 1. The highest BCUT2D eigenvalue weighted by Crippen LogP contribution is 2.31. The van der Waals surface area contributed by atoms with Crippen LogP contribution < -0.4 is 16.0 Å². The fourth-order valence-corrected chi connectivity index (χ4v) is 8.52. The first-order valence-electron chi connectivity index (χ1n) is 19.0. The Bertz CT molecular complexity index is 1460. The third-order valence-electron chi connectivity index (χ3n) is 11.1. The van der Waals surface area contributed by atoms with Crippen LogP contribution in [-0.2, 0) is 30.3 Å². The quantitative estimate of drug-likeness (QED) is 0.151. The number of hydrogen-bond donors (Lipinski definition) is 3. The summed E-state index contributed by atoms with van der Waals surface area (Å²) in [6, 6.07) is 9.14. The first kappa shape index (κ1) is 44.6. The normalized spacial score (nSPS) is 19.0. The molecule has 0 bridgehead atoms. The molecule has 1 saturated heterocycles. The smallest absolute Gasteiger partial charge is 0.246 e. The van der Waals surface area contributed by atoms with Gasteiger partial charge in [-0.1, -0.05) is 83.6 Å². The van der Waals surface area contributed by atoms with Crippen LogP contribution in [0.3, 0.4) is 0 Å². The summed E-state index contributed by atoms with van der Waals surface area (Å²) in [6.07, 6.45) is 4.34. The minimum Gasteiger partial charge on any atom is -0.379 e. The number of ether oxygens (including phenoxy) is 2. The maximum Gasteiger partial charge on any atom is 0.246 e. The van der Waals surface area contributed by atoms with E-state index in [9.17, 15) is 14.4 Å². The first-order chi connectivity index (χ1) is 25.1. The van der Waals surface area contributed by atoms with Crippen molar-refractivity contribution in [2.75, 3.05) is 34.9 Å². The Morgan fingerprint density at radius 1 is 1.11 bits per heavy atom. The van der Waals surface area contributed by atoms with E-state index in [0.717, 1.165) is 30.7 Å². The second-order valence-corrected chi connectivity index (χ2v) is 16.7. The molecular weight excluding hydrogens is 709 g/mol. The summed E-state index contributed by atoms with van der Waals surface area (Å²) >= 11 is 7.64. The molecule has 11 nitrogen and oxygen atoms in total. The summed E-state index contributed by atoms with van der Waals surface area (Å²) < 4.78 is 12.3. The third kappa shape index (κ3) is 11.6.